The van der Waals surface area contributed by atoms with Crippen molar-refractivity contribution in [1.82, 2.24) is 10.2 Å². The smallest absolute Gasteiger partial charge is 0.133 e. The van der Waals surface area contributed by atoms with Gasteiger partial charge >= 0.3 is 0 Å². The summed E-state index contributed by atoms with van der Waals surface area (Å²) in [6, 6.07) is 4.51. The largest absolute Gasteiger partial charge is 0.496 e. The lowest BCUT2D eigenvalue weighted by molar-refractivity contribution is 0.161. The van der Waals surface area contributed by atoms with Crippen LogP contribution in [0.4, 0.5) is 0 Å². The number of ether oxygens (including phenoxy) is 2. The summed E-state index contributed by atoms with van der Waals surface area (Å²) in [5.74, 6) is 1.79. The Morgan fingerprint density at radius 1 is 1.13 bits per heavy atom. The van der Waals surface area contributed by atoms with Gasteiger partial charge in [-0.25, -0.2) is 0 Å². The second-order valence-electron chi connectivity index (χ2n) is 5.32. The minimum absolute atomic E-state index is 0. The highest BCUT2D eigenvalue weighted by Crippen LogP contribution is 2.39. The van der Waals surface area contributed by atoms with Gasteiger partial charge in [0.05, 0.1) is 18.7 Å². The standard InChI is InChI=1S/C16H25BrN2O2.2ClH/c1-4-5-14(19-8-6-18-7-9-19)12-10-16(21-3)13(17)11-15(12)20-2;;/h10-11,14,18H,4-9H2,1-3H3;2*1H/t14-;;/m1../s1. The number of nitrogens with zero attached hydrogens (tertiary/aromatic N) is 1. The monoisotopic (exact) mass is 428 g/mol. The Labute approximate surface area is 160 Å². The predicted molar refractivity (Wildman–Crippen MR) is 104 cm³/mol. The van der Waals surface area contributed by atoms with Crippen molar-refractivity contribution in [2.75, 3.05) is 40.4 Å². The Balaban J connectivity index is 0.00000242. The second kappa shape index (κ2) is 11.4. The molecule has 0 saturated carbocycles. The first-order valence-electron chi connectivity index (χ1n) is 7.57. The summed E-state index contributed by atoms with van der Waals surface area (Å²) >= 11 is 3.54. The van der Waals surface area contributed by atoms with Crippen LogP contribution in [0.25, 0.3) is 0 Å². The summed E-state index contributed by atoms with van der Waals surface area (Å²) in [6.07, 6.45) is 2.28. The number of piperazine rings is 1. The molecule has 0 radical (unpaired) electrons. The third kappa shape index (κ3) is 5.68. The molecular formula is C16H27BrCl2N2O2. The molecule has 1 aromatic carbocycles. The first-order valence-corrected chi connectivity index (χ1v) is 8.36. The first kappa shape index (κ1) is 22.8. The minimum Gasteiger partial charge on any atom is -0.496 e. The van der Waals surface area contributed by atoms with Gasteiger partial charge in [0.25, 0.3) is 0 Å². The van der Waals surface area contributed by atoms with Gasteiger partial charge in [-0.3, -0.25) is 4.90 Å². The quantitative estimate of drug-likeness (QED) is 0.739. The maximum absolute atomic E-state index is 5.62. The van der Waals surface area contributed by atoms with E-state index in [9.17, 15) is 0 Å². The van der Waals surface area contributed by atoms with Gasteiger partial charge in [-0.2, -0.15) is 0 Å². The minimum atomic E-state index is 0. The van der Waals surface area contributed by atoms with Gasteiger partial charge in [0.1, 0.15) is 11.5 Å². The molecule has 1 aromatic rings. The first-order chi connectivity index (χ1) is 10.2. The molecule has 23 heavy (non-hydrogen) atoms. The van der Waals surface area contributed by atoms with E-state index < -0.39 is 0 Å². The van der Waals surface area contributed by atoms with Crippen molar-refractivity contribution in [3.8, 4) is 11.5 Å². The Bertz CT molecular complexity index is 472. The van der Waals surface area contributed by atoms with E-state index in [0.717, 1.165) is 55.0 Å². The van der Waals surface area contributed by atoms with Gasteiger partial charge in [-0.15, -0.1) is 24.8 Å². The molecule has 0 amide bonds. The van der Waals surface area contributed by atoms with E-state index in [0.29, 0.717) is 6.04 Å². The fourth-order valence-electron chi connectivity index (χ4n) is 2.95. The maximum Gasteiger partial charge on any atom is 0.133 e. The number of nitrogens with one attached hydrogen (secondary N) is 1. The van der Waals surface area contributed by atoms with Crippen LogP contribution in [-0.2, 0) is 0 Å². The van der Waals surface area contributed by atoms with Crippen LogP contribution in [0.15, 0.2) is 16.6 Å². The van der Waals surface area contributed by atoms with Gasteiger partial charge in [0.15, 0.2) is 0 Å². The summed E-state index contributed by atoms with van der Waals surface area (Å²) in [5, 5.41) is 3.42. The van der Waals surface area contributed by atoms with E-state index in [2.05, 4.69) is 39.1 Å². The lowest BCUT2D eigenvalue weighted by Crippen LogP contribution is -2.45. The van der Waals surface area contributed by atoms with Crippen molar-refractivity contribution in [2.24, 2.45) is 0 Å². The van der Waals surface area contributed by atoms with E-state index >= 15 is 0 Å². The Kier molecular flexibility index (Phi) is 11.3. The van der Waals surface area contributed by atoms with E-state index in [1.807, 2.05) is 6.07 Å². The topological polar surface area (TPSA) is 33.7 Å². The number of halogens is 3. The summed E-state index contributed by atoms with van der Waals surface area (Å²) < 4.78 is 12.0. The number of hydrogen-bond acceptors (Lipinski definition) is 4. The number of benzene rings is 1. The van der Waals surface area contributed by atoms with E-state index in [-0.39, 0.29) is 24.8 Å². The van der Waals surface area contributed by atoms with Crippen molar-refractivity contribution < 1.29 is 9.47 Å². The lowest BCUT2D eigenvalue weighted by atomic mass is 9.98. The van der Waals surface area contributed by atoms with Crippen molar-refractivity contribution in [3.63, 3.8) is 0 Å². The normalized spacial score (nSPS) is 16.0. The van der Waals surface area contributed by atoms with Crippen LogP contribution >= 0.6 is 40.7 Å². The Hall–Kier alpha value is -0.200. The molecule has 1 aliphatic rings. The summed E-state index contributed by atoms with van der Waals surface area (Å²) in [5.41, 5.74) is 1.22. The molecule has 1 fully saturated rings. The number of methoxy groups -OCH3 is 2. The highest BCUT2D eigenvalue weighted by molar-refractivity contribution is 9.10. The summed E-state index contributed by atoms with van der Waals surface area (Å²) in [6.45, 7) is 6.49. The summed E-state index contributed by atoms with van der Waals surface area (Å²) in [4.78, 5) is 2.55. The summed E-state index contributed by atoms with van der Waals surface area (Å²) in [7, 11) is 3.44. The molecule has 2 rings (SSSR count). The zero-order valence-electron chi connectivity index (χ0n) is 13.9. The molecule has 0 unspecified atom stereocenters. The fraction of sp³-hybridized carbons (Fsp3) is 0.625. The average Bonchev–Trinajstić information content (AvgIpc) is 2.53. The molecule has 1 atom stereocenters. The molecule has 1 heterocycles. The van der Waals surface area contributed by atoms with Crippen LogP contribution in [0, 0.1) is 0 Å². The van der Waals surface area contributed by atoms with Gasteiger partial charge in [-0.05, 0) is 34.5 Å². The number of hydrogen-bond donors (Lipinski definition) is 1. The van der Waals surface area contributed by atoms with Crippen LogP contribution in [0.5, 0.6) is 11.5 Å². The van der Waals surface area contributed by atoms with Gasteiger partial charge in [0.2, 0.25) is 0 Å². The van der Waals surface area contributed by atoms with Crippen molar-refractivity contribution in [3.05, 3.63) is 22.2 Å². The molecule has 1 N–H and O–H groups in total. The zero-order chi connectivity index (χ0) is 15.2. The van der Waals surface area contributed by atoms with Gasteiger partial charge in [-0.1, -0.05) is 13.3 Å². The van der Waals surface area contributed by atoms with Gasteiger partial charge in [0, 0.05) is 37.8 Å². The fourth-order valence-corrected chi connectivity index (χ4v) is 3.43. The highest BCUT2D eigenvalue weighted by Gasteiger charge is 2.25. The molecule has 4 nitrogen and oxygen atoms in total. The van der Waals surface area contributed by atoms with E-state index in [1.165, 1.54) is 5.56 Å². The van der Waals surface area contributed by atoms with Crippen molar-refractivity contribution in [2.45, 2.75) is 25.8 Å². The van der Waals surface area contributed by atoms with Crippen LogP contribution in [-0.4, -0.2) is 45.3 Å². The molecular weight excluding hydrogens is 403 g/mol. The SMILES string of the molecule is CCC[C@H](c1cc(OC)c(Br)cc1OC)N1CCNCC1.Cl.Cl. The lowest BCUT2D eigenvalue weighted by Gasteiger charge is -2.36. The molecule has 0 aliphatic carbocycles. The molecule has 1 aliphatic heterocycles. The second-order valence-corrected chi connectivity index (χ2v) is 6.17. The van der Waals surface area contributed by atoms with Crippen LogP contribution in [0.1, 0.15) is 31.4 Å². The van der Waals surface area contributed by atoms with Crippen LogP contribution in [0.3, 0.4) is 0 Å². The molecule has 1 saturated heterocycles. The zero-order valence-corrected chi connectivity index (χ0v) is 17.2. The van der Waals surface area contributed by atoms with Crippen molar-refractivity contribution in [1.29, 1.82) is 0 Å². The molecule has 0 spiro atoms. The van der Waals surface area contributed by atoms with Crippen LogP contribution < -0.4 is 14.8 Å². The molecule has 0 bridgehead atoms. The Morgan fingerprint density at radius 2 is 1.74 bits per heavy atom. The Morgan fingerprint density at radius 3 is 2.26 bits per heavy atom. The number of rotatable bonds is 6. The molecule has 134 valence electrons. The van der Waals surface area contributed by atoms with E-state index in [4.69, 9.17) is 9.47 Å². The maximum atomic E-state index is 5.62. The molecule has 7 heteroatoms. The molecule has 0 aromatic heterocycles. The average molecular weight is 430 g/mol. The third-order valence-corrected chi connectivity index (χ3v) is 4.64. The predicted octanol–water partition coefficient (Wildman–Crippen LogP) is 4.06. The van der Waals surface area contributed by atoms with Gasteiger partial charge < -0.3 is 14.8 Å². The third-order valence-electron chi connectivity index (χ3n) is 4.02. The van der Waals surface area contributed by atoms with Crippen molar-refractivity contribution >= 4 is 40.7 Å². The highest BCUT2D eigenvalue weighted by atomic mass is 79.9. The van der Waals surface area contributed by atoms with Crippen LogP contribution in [0.2, 0.25) is 0 Å². The van der Waals surface area contributed by atoms with E-state index in [1.54, 1.807) is 14.2 Å².